The molecule has 0 saturated heterocycles. The van der Waals surface area contributed by atoms with E-state index in [2.05, 4.69) is 67.2 Å². The molecule has 114 valence electrons. The molecule has 0 fully saturated rings. The van der Waals surface area contributed by atoms with Gasteiger partial charge in [-0.05, 0) is 42.1 Å². The fourth-order valence-electron chi connectivity index (χ4n) is 2.02. The van der Waals surface area contributed by atoms with Crippen LogP contribution in [-0.4, -0.2) is 13.4 Å². The Balaban J connectivity index is 3.51. The van der Waals surface area contributed by atoms with Gasteiger partial charge in [0.25, 0.3) is 0 Å². The van der Waals surface area contributed by atoms with E-state index in [9.17, 15) is 5.11 Å². The van der Waals surface area contributed by atoms with Crippen LogP contribution in [0.4, 0.5) is 0 Å². The summed E-state index contributed by atoms with van der Waals surface area (Å²) < 4.78 is 6.09. The molecule has 0 amide bonds. The first kappa shape index (κ1) is 17.1. The molecule has 0 spiro atoms. The topological polar surface area (TPSA) is 29.5 Å². The minimum absolute atomic E-state index is 0.0330. The zero-order chi connectivity index (χ0) is 15.9. The van der Waals surface area contributed by atoms with Gasteiger partial charge in [0.1, 0.15) is 5.75 Å². The average molecular weight is 295 g/mol. The highest BCUT2D eigenvalue weighted by molar-refractivity contribution is 6.70. The summed E-state index contributed by atoms with van der Waals surface area (Å²) in [4.78, 5) is 0. The highest BCUT2D eigenvalue weighted by Crippen LogP contribution is 2.42. The first-order valence-electron chi connectivity index (χ1n) is 7.29. The van der Waals surface area contributed by atoms with Crippen LogP contribution in [0.2, 0.25) is 19.6 Å². The van der Waals surface area contributed by atoms with Crippen molar-refractivity contribution in [2.45, 2.75) is 72.0 Å². The van der Waals surface area contributed by atoms with Crippen molar-refractivity contribution in [2.24, 2.45) is 0 Å². The predicted octanol–water partition coefficient (Wildman–Crippen LogP) is 5.20. The zero-order valence-electron chi connectivity index (χ0n) is 14.5. The lowest BCUT2D eigenvalue weighted by molar-refractivity contribution is 0.412. The van der Waals surface area contributed by atoms with Crippen LogP contribution in [0.15, 0.2) is 12.1 Å². The quantitative estimate of drug-likeness (QED) is 0.760. The molecule has 0 aliphatic rings. The number of benzene rings is 1. The van der Waals surface area contributed by atoms with Gasteiger partial charge in [-0.1, -0.05) is 47.6 Å². The van der Waals surface area contributed by atoms with Crippen molar-refractivity contribution in [1.82, 2.24) is 0 Å². The van der Waals surface area contributed by atoms with Gasteiger partial charge in [-0.2, -0.15) is 0 Å². The van der Waals surface area contributed by atoms with Crippen molar-refractivity contribution in [3.63, 3.8) is 0 Å². The molecule has 0 aliphatic heterocycles. The molecule has 0 unspecified atom stereocenters. The Morgan fingerprint density at radius 2 is 1.40 bits per heavy atom. The second-order valence-electron chi connectivity index (χ2n) is 8.58. The van der Waals surface area contributed by atoms with Crippen molar-refractivity contribution in [3.8, 4) is 11.5 Å². The van der Waals surface area contributed by atoms with Gasteiger partial charge < -0.3 is 9.53 Å². The summed E-state index contributed by atoms with van der Waals surface area (Å²) in [6.07, 6.45) is 0. The summed E-state index contributed by atoms with van der Waals surface area (Å²) in [7, 11) is -1.75. The molecule has 1 rings (SSSR count). The number of aromatic hydroxyl groups is 1. The highest BCUT2D eigenvalue weighted by atomic mass is 28.4. The highest BCUT2D eigenvalue weighted by Gasteiger charge is 2.27. The first-order valence-corrected chi connectivity index (χ1v) is 10.7. The normalized spacial score (nSPS) is 13.4. The Labute approximate surface area is 125 Å². The third-order valence-electron chi connectivity index (χ3n) is 3.17. The molecule has 20 heavy (non-hydrogen) atoms. The van der Waals surface area contributed by atoms with Gasteiger partial charge in [0, 0.05) is 5.56 Å². The summed E-state index contributed by atoms with van der Waals surface area (Å²) in [5, 5.41) is 10.6. The van der Waals surface area contributed by atoms with Crippen LogP contribution in [0.3, 0.4) is 0 Å². The third-order valence-corrected chi connectivity index (χ3v) is 4.00. The molecule has 1 N–H and O–H groups in total. The molecule has 3 heteroatoms. The van der Waals surface area contributed by atoms with Crippen LogP contribution < -0.4 is 4.43 Å². The lowest BCUT2D eigenvalue weighted by Gasteiger charge is -2.29. The molecule has 0 heterocycles. The molecule has 0 atom stereocenters. The number of rotatable bonds is 2. The second kappa shape index (κ2) is 5.10. The first-order chi connectivity index (χ1) is 8.72. The van der Waals surface area contributed by atoms with E-state index in [1.54, 1.807) is 0 Å². The number of hydrogen-bond donors (Lipinski definition) is 1. The molecular formula is C17H30O2Si. The van der Waals surface area contributed by atoms with Crippen molar-refractivity contribution < 1.29 is 9.53 Å². The van der Waals surface area contributed by atoms with Gasteiger partial charge in [0.15, 0.2) is 5.75 Å². The van der Waals surface area contributed by atoms with Gasteiger partial charge in [-0.3, -0.25) is 0 Å². The van der Waals surface area contributed by atoms with Crippen molar-refractivity contribution in [2.75, 3.05) is 0 Å². The van der Waals surface area contributed by atoms with Gasteiger partial charge in [0.2, 0.25) is 8.32 Å². The summed E-state index contributed by atoms with van der Waals surface area (Å²) >= 11 is 0. The number of phenolic OH excluding ortho intramolecular Hbond substituents is 1. The Morgan fingerprint density at radius 1 is 0.900 bits per heavy atom. The minimum atomic E-state index is -1.75. The van der Waals surface area contributed by atoms with Crippen molar-refractivity contribution in [1.29, 1.82) is 0 Å². The summed E-state index contributed by atoms with van der Waals surface area (Å²) in [6.45, 7) is 19.3. The third kappa shape index (κ3) is 4.27. The minimum Gasteiger partial charge on any atom is -0.542 e. The Kier molecular flexibility index (Phi) is 4.36. The maximum Gasteiger partial charge on any atom is 0.242 e. The van der Waals surface area contributed by atoms with Crippen LogP contribution in [-0.2, 0) is 10.8 Å². The smallest absolute Gasteiger partial charge is 0.242 e. The van der Waals surface area contributed by atoms with E-state index in [1.807, 2.05) is 6.07 Å². The second-order valence-corrected chi connectivity index (χ2v) is 13.0. The number of phenols is 1. The Hall–Kier alpha value is -0.963. The molecule has 0 radical (unpaired) electrons. The van der Waals surface area contributed by atoms with E-state index in [0.29, 0.717) is 11.5 Å². The maximum atomic E-state index is 10.6. The summed E-state index contributed by atoms with van der Waals surface area (Å²) in [5.41, 5.74) is 2.08. The van der Waals surface area contributed by atoms with E-state index >= 15 is 0 Å². The monoisotopic (exact) mass is 294 g/mol. The molecule has 1 aromatic carbocycles. The van der Waals surface area contributed by atoms with E-state index < -0.39 is 8.32 Å². The predicted molar refractivity (Wildman–Crippen MR) is 89.5 cm³/mol. The van der Waals surface area contributed by atoms with Crippen molar-refractivity contribution in [3.05, 3.63) is 23.3 Å². The molecule has 0 aromatic heterocycles. The lowest BCUT2D eigenvalue weighted by Crippen LogP contribution is -2.30. The van der Waals surface area contributed by atoms with Crippen LogP contribution >= 0.6 is 0 Å². The molecule has 0 aliphatic carbocycles. The summed E-state index contributed by atoms with van der Waals surface area (Å²) in [5.74, 6) is 0.939. The largest absolute Gasteiger partial charge is 0.542 e. The van der Waals surface area contributed by atoms with E-state index in [0.717, 1.165) is 5.56 Å². The maximum absolute atomic E-state index is 10.6. The van der Waals surface area contributed by atoms with Crippen LogP contribution in [0.25, 0.3) is 0 Å². The fraction of sp³-hybridized carbons (Fsp3) is 0.647. The number of hydrogen-bond acceptors (Lipinski definition) is 2. The van der Waals surface area contributed by atoms with Crippen LogP contribution in [0.5, 0.6) is 11.5 Å². The standard InChI is InChI=1S/C17H30O2Si/c1-16(2,3)12-10-13(17(4,5)6)15(18)14(11-12)19-20(7,8)9/h10-11,18H,1-9H3. The van der Waals surface area contributed by atoms with Gasteiger partial charge in [0.05, 0.1) is 0 Å². The molecule has 2 nitrogen and oxygen atoms in total. The van der Waals surface area contributed by atoms with E-state index in [-0.39, 0.29) is 10.8 Å². The Morgan fingerprint density at radius 3 is 1.75 bits per heavy atom. The molecule has 0 saturated carbocycles. The van der Waals surface area contributed by atoms with Gasteiger partial charge >= 0.3 is 0 Å². The molecule has 1 aromatic rings. The van der Waals surface area contributed by atoms with Crippen LogP contribution in [0, 0.1) is 0 Å². The average Bonchev–Trinajstić information content (AvgIpc) is 2.15. The van der Waals surface area contributed by atoms with Crippen LogP contribution in [0.1, 0.15) is 52.7 Å². The lowest BCUT2D eigenvalue weighted by atomic mass is 9.80. The van der Waals surface area contributed by atoms with Gasteiger partial charge in [-0.15, -0.1) is 0 Å². The SMILES string of the molecule is CC(C)(C)c1cc(O[Si](C)(C)C)c(O)c(C(C)(C)C)c1. The van der Waals surface area contributed by atoms with Gasteiger partial charge in [-0.25, -0.2) is 0 Å². The van der Waals surface area contributed by atoms with E-state index in [1.165, 1.54) is 5.56 Å². The summed E-state index contributed by atoms with van der Waals surface area (Å²) in [6, 6.07) is 4.12. The zero-order valence-corrected chi connectivity index (χ0v) is 15.5. The molecule has 0 bridgehead atoms. The fourth-order valence-corrected chi connectivity index (χ4v) is 2.84. The van der Waals surface area contributed by atoms with E-state index in [4.69, 9.17) is 4.43 Å². The molecular weight excluding hydrogens is 264 g/mol. The Bertz CT molecular complexity index is 485. The van der Waals surface area contributed by atoms with Crippen molar-refractivity contribution >= 4 is 8.32 Å².